The number of benzene rings is 1. The van der Waals surface area contributed by atoms with E-state index in [9.17, 15) is 4.79 Å². The molecule has 0 heterocycles. The van der Waals surface area contributed by atoms with Gasteiger partial charge in [0.25, 0.3) is 0 Å². The van der Waals surface area contributed by atoms with Gasteiger partial charge < -0.3 is 15.4 Å². The summed E-state index contributed by atoms with van der Waals surface area (Å²) in [6, 6.07) is 7.41. The molecule has 0 aliphatic rings. The van der Waals surface area contributed by atoms with Gasteiger partial charge in [-0.15, -0.1) is 0 Å². The second-order valence-electron chi connectivity index (χ2n) is 4.43. The molecular weight excluding hydrogens is 228 g/mol. The average Bonchev–Trinajstić information content (AvgIpc) is 2.35. The zero-order valence-corrected chi connectivity index (χ0v) is 11.3. The smallest absolute Gasteiger partial charge is 0.221 e. The molecule has 1 rings (SSSR count). The van der Waals surface area contributed by atoms with Gasteiger partial charge >= 0.3 is 0 Å². The Morgan fingerprint density at radius 1 is 1.33 bits per heavy atom. The van der Waals surface area contributed by atoms with Gasteiger partial charge in [-0.05, 0) is 30.8 Å². The monoisotopic (exact) mass is 250 g/mol. The Kier molecular flexibility index (Phi) is 6.22. The van der Waals surface area contributed by atoms with E-state index in [1.165, 1.54) is 6.92 Å². The van der Waals surface area contributed by atoms with Crippen LogP contribution < -0.4 is 15.4 Å². The van der Waals surface area contributed by atoms with Crippen LogP contribution in [0.2, 0.25) is 0 Å². The van der Waals surface area contributed by atoms with Crippen molar-refractivity contribution >= 4 is 11.6 Å². The van der Waals surface area contributed by atoms with Crippen LogP contribution in [-0.2, 0) is 4.79 Å². The molecule has 0 saturated heterocycles. The molecule has 0 spiro atoms. The van der Waals surface area contributed by atoms with Crippen molar-refractivity contribution in [1.29, 1.82) is 0 Å². The summed E-state index contributed by atoms with van der Waals surface area (Å²) >= 11 is 0. The fourth-order valence-electron chi connectivity index (χ4n) is 1.53. The zero-order chi connectivity index (χ0) is 13.4. The van der Waals surface area contributed by atoms with E-state index in [2.05, 4.69) is 24.5 Å². The van der Waals surface area contributed by atoms with Crippen molar-refractivity contribution in [3.05, 3.63) is 24.3 Å². The lowest BCUT2D eigenvalue weighted by atomic mass is 10.2. The molecule has 4 heteroatoms. The van der Waals surface area contributed by atoms with Gasteiger partial charge in [0.05, 0.1) is 6.61 Å². The highest BCUT2D eigenvalue weighted by Gasteiger charge is 2.02. The first-order valence-corrected chi connectivity index (χ1v) is 6.33. The number of rotatable bonds is 7. The van der Waals surface area contributed by atoms with Gasteiger partial charge in [-0.3, -0.25) is 4.79 Å². The third-order valence-electron chi connectivity index (χ3n) is 2.45. The predicted molar refractivity (Wildman–Crippen MR) is 73.9 cm³/mol. The highest BCUT2D eigenvalue weighted by molar-refractivity contribution is 5.88. The molecule has 1 aromatic rings. The first-order chi connectivity index (χ1) is 8.61. The lowest BCUT2D eigenvalue weighted by molar-refractivity contribution is -0.114. The van der Waals surface area contributed by atoms with E-state index < -0.39 is 0 Å². The molecule has 2 N–H and O–H groups in total. The van der Waals surface area contributed by atoms with Crippen molar-refractivity contribution in [2.45, 2.75) is 20.8 Å². The van der Waals surface area contributed by atoms with Gasteiger partial charge in [0.2, 0.25) is 5.91 Å². The normalized spacial score (nSPS) is 11.9. The van der Waals surface area contributed by atoms with Gasteiger partial charge in [-0.2, -0.15) is 0 Å². The van der Waals surface area contributed by atoms with E-state index in [4.69, 9.17) is 4.74 Å². The Hall–Kier alpha value is -1.55. The number of hydrogen-bond acceptors (Lipinski definition) is 3. The topological polar surface area (TPSA) is 50.4 Å². The summed E-state index contributed by atoms with van der Waals surface area (Å²) in [6.45, 7) is 8.36. The van der Waals surface area contributed by atoms with Crippen molar-refractivity contribution in [3.63, 3.8) is 0 Å². The fourth-order valence-corrected chi connectivity index (χ4v) is 1.53. The van der Waals surface area contributed by atoms with E-state index in [-0.39, 0.29) is 5.91 Å². The molecule has 100 valence electrons. The van der Waals surface area contributed by atoms with Crippen LogP contribution in [0.1, 0.15) is 20.8 Å². The predicted octanol–water partition coefficient (Wildman–Crippen LogP) is 2.27. The standard InChI is InChI=1S/C14H22N2O2/c1-4-15-9-11(2)10-18-14-7-5-13(6-8-14)16-12(3)17/h5-8,11,15H,4,9-10H2,1-3H3,(H,16,17). The summed E-state index contributed by atoms with van der Waals surface area (Å²) in [6.07, 6.45) is 0. The van der Waals surface area contributed by atoms with E-state index in [0.717, 1.165) is 24.5 Å². The highest BCUT2D eigenvalue weighted by atomic mass is 16.5. The number of ether oxygens (including phenoxy) is 1. The van der Waals surface area contributed by atoms with Gasteiger partial charge in [0, 0.05) is 25.1 Å². The molecule has 0 aromatic heterocycles. The summed E-state index contributed by atoms with van der Waals surface area (Å²) in [5, 5.41) is 6.01. The van der Waals surface area contributed by atoms with Crippen LogP contribution in [0.15, 0.2) is 24.3 Å². The van der Waals surface area contributed by atoms with Crippen molar-refractivity contribution in [3.8, 4) is 5.75 Å². The molecule has 18 heavy (non-hydrogen) atoms. The molecule has 4 nitrogen and oxygen atoms in total. The quantitative estimate of drug-likeness (QED) is 0.780. The fraction of sp³-hybridized carbons (Fsp3) is 0.500. The first-order valence-electron chi connectivity index (χ1n) is 6.33. The number of nitrogens with one attached hydrogen (secondary N) is 2. The molecule has 1 atom stereocenters. The molecule has 1 aromatic carbocycles. The molecule has 0 fully saturated rings. The second kappa shape index (κ2) is 7.71. The lowest BCUT2D eigenvalue weighted by Gasteiger charge is -2.13. The molecule has 0 saturated carbocycles. The van der Waals surface area contributed by atoms with Crippen LogP contribution in [0.5, 0.6) is 5.75 Å². The van der Waals surface area contributed by atoms with E-state index in [0.29, 0.717) is 12.5 Å². The molecule has 0 bridgehead atoms. The van der Waals surface area contributed by atoms with Crippen LogP contribution in [0, 0.1) is 5.92 Å². The number of amides is 1. The third kappa shape index (κ3) is 5.68. The van der Waals surface area contributed by atoms with Crippen molar-refractivity contribution in [2.24, 2.45) is 5.92 Å². The Balaban J connectivity index is 2.36. The Morgan fingerprint density at radius 3 is 2.56 bits per heavy atom. The summed E-state index contributed by atoms with van der Waals surface area (Å²) < 4.78 is 5.67. The van der Waals surface area contributed by atoms with Crippen molar-refractivity contribution < 1.29 is 9.53 Å². The molecule has 0 aliphatic heterocycles. The number of carbonyl (C=O) groups is 1. The molecule has 0 radical (unpaired) electrons. The number of anilines is 1. The third-order valence-corrected chi connectivity index (χ3v) is 2.45. The van der Waals surface area contributed by atoms with Gasteiger partial charge in [0.1, 0.15) is 5.75 Å². The molecule has 1 unspecified atom stereocenters. The van der Waals surface area contributed by atoms with Crippen molar-refractivity contribution in [2.75, 3.05) is 25.0 Å². The maximum atomic E-state index is 10.9. The van der Waals surface area contributed by atoms with Crippen molar-refractivity contribution in [1.82, 2.24) is 5.32 Å². The van der Waals surface area contributed by atoms with E-state index in [1.807, 2.05) is 24.3 Å². The summed E-state index contributed by atoms with van der Waals surface area (Å²) in [5.41, 5.74) is 0.788. The summed E-state index contributed by atoms with van der Waals surface area (Å²) in [7, 11) is 0. The summed E-state index contributed by atoms with van der Waals surface area (Å²) in [5.74, 6) is 1.23. The van der Waals surface area contributed by atoms with Crippen LogP contribution in [-0.4, -0.2) is 25.6 Å². The van der Waals surface area contributed by atoms with E-state index in [1.54, 1.807) is 0 Å². The minimum absolute atomic E-state index is 0.0667. The maximum Gasteiger partial charge on any atom is 0.221 e. The van der Waals surface area contributed by atoms with Crippen LogP contribution in [0.4, 0.5) is 5.69 Å². The van der Waals surface area contributed by atoms with Gasteiger partial charge in [0.15, 0.2) is 0 Å². The highest BCUT2D eigenvalue weighted by Crippen LogP contribution is 2.16. The van der Waals surface area contributed by atoms with Crippen LogP contribution in [0.25, 0.3) is 0 Å². The zero-order valence-electron chi connectivity index (χ0n) is 11.3. The second-order valence-corrected chi connectivity index (χ2v) is 4.43. The minimum Gasteiger partial charge on any atom is -0.493 e. The van der Waals surface area contributed by atoms with Gasteiger partial charge in [-0.25, -0.2) is 0 Å². The average molecular weight is 250 g/mol. The maximum absolute atomic E-state index is 10.9. The van der Waals surface area contributed by atoms with E-state index >= 15 is 0 Å². The largest absolute Gasteiger partial charge is 0.493 e. The molecular formula is C14H22N2O2. The lowest BCUT2D eigenvalue weighted by Crippen LogP contribution is -2.24. The van der Waals surface area contributed by atoms with Gasteiger partial charge in [-0.1, -0.05) is 13.8 Å². The number of carbonyl (C=O) groups excluding carboxylic acids is 1. The molecule has 1 amide bonds. The first kappa shape index (κ1) is 14.5. The summed E-state index contributed by atoms with van der Waals surface area (Å²) in [4.78, 5) is 10.9. The Labute approximate surface area is 109 Å². The Bertz CT molecular complexity index is 363. The van der Waals surface area contributed by atoms with Crippen LogP contribution >= 0.6 is 0 Å². The minimum atomic E-state index is -0.0667. The Morgan fingerprint density at radius 2 is 2.00 bits per heavy atom. The SMILES string of the molecule is CCNCC(C)COc1ccc(NC(C)=O)cc1. The molecule has 0 aliphatic carbocycles. The number of hydrogen-bond donors (Lipinski definition) is 2. The van der Waals surface area contributed by atoms with Crippen LogP contribution in [0.3, 0.4) is 0 Å².